The van der Waals surface area contributed by atoms with E-state index in [1.54, 1.807) is 17.0 Å². The van der Waals surface area contributed by atoms with Crippen LogP contribution in [0.5, 0.6) is 0 Å². The van der Waals surface area contributed by atoms with Crippen LogP contribution in [0.1, 0.15) is 23.7 Å². The van der Waals surface area contributed by atoms with Gasteiger partial charge in [0.15, 0.2) is 0 Å². The summed E-state index contributed by atoms with van der Waals surface area (Å²) < 4.78 is 0. The zero-order valence-corrected chi connectivity index (χ0v) is 13.1. The molecule has 0 aliphatic carbocycles. The Balaban J connectivity index is 1.82. The summed E-state index contributed by atoms with van der Waals surface area (Å²) in [5.41, 5.74) is 1.92. The number of fused-ring (bicyclic) bond motifs is 1. The van der Waals surface area contributed by atoms with Gasteiger partial charge in [0, 0.05) is 25.7 Å². The first-order chi connectivity index (χ1) is 10.9. The van der Waals surface area contributed by atoms with Crippen LogP contribution in [0.15, 0.2) is 18.2 Å². The minimum Gasteiger partial charge on any atom is -0.481 e. The molecule has 2 N–H and O–H groups in total. The minimum atomic E-state index is -0.867. The van der Waals surface area contributed by atoms with Crippen LogP contribution >= 0.6 is 0 Å². The SMILES string of the molecule is CC1C(=O)Nc2cc(C(=O)N3CCC(C(=O)O)C3)ccc2N1C. The standard InChI is InChI=1S/C16H19N3O4/c1-9-14(20)17-12-7-10(3-4-13(12)18(9)2)15(21)19-6-5-11(8-19)16(22)23/h3-4,7,9,11H,5-6,8H2,1-2H3,(H,17,20)(H,22,23). The van der Waals surface area contributed by atoms with Crippen molar-refractivity contribution in [1.82, 2.24) is 4.90 Å². The molecule has 2 heterocycles. The third-order valence-corrected chi connectivity index (χ3v) is 4.67. The molecule has 7 heteroatoms. The van der Waals surface area contributed by atoms with Gasteiger partial charge >= 0.3 is 5.97 Å². The first kappa shape index (κ1) is 15.3. The number of amides is 2. The Morgan fingerprint density at radius 3 is 2.74 bits per heavy atom. The van der Waals surface area contributed by atoms with Crippen LogP contribution in [-0.2, 0) is 9.59 Å². The fraction of sp³-hybridized carbons (Fsp3) is 0.438. The molecule has 0 radical (unpaired) electrons. The summed E-state index contributed by atoms with van der Waals surface area (Å²) in [5, 5.41) is 11.8. The number of hydrogen-bond acceptors (Lipinski definition) is 4. The highest BCUT2D eigenvalue weighted by Crippen LogP contribution is 2.32. The van der Waals surface area contributed by atoms with E-state index in [0.717, 1.165) is 5.69 Å². The van der Waals surface area contributed by atoms with Crippen molar-refractivity contribution in [3.8, 4) is 0 Å². The molecule has 0 saturated carbocycles. The topological polar surface area (TPSA) is 90.0 Å². The zero-order valence-electron chi connectivity index (χ0n) is 13.1. The first-order valence-corrected chi connectivity index (χ1v) is 7.58. The summed E-state index contributed by atoms with van der Waals surface area (Å²) in [6.45, 7) is 2.48. The summed E-state index contributed by atoms with van der Waals surface area (Å²) in [4.78, 5) is 38.9. The number of carbonyl (C=O) groups excluding carboxylic acids is 2. The smallest absolute Gasteiger partial charge is 0.308 e. The Morgan fingerprint density at radius 2 is 2.09 bits per heavy atom. The van der Waals surface area contributed by atoms with Gasteiger partial charge in [0.25, 0.3) is 5.91 Å². The number of anilines is 2. The Hall–Kier alpha value is -2.57. The molecule has 0 spiro atoms. The summed E-state index contributed by atoms with van der Waals surface area (Å²) in [6.07, 6.45) is 0.475. The van der Waals surface area contributed by atoms with Gasteiger partial charge in [-0.1, -0.05) is 0 Å². The van der Waals surface area contributed by atoms with Gasteiger partial charge < -0.3 is 20.2 Å². The second-order valence-electron chi connectivity index (χ2n) is 6.08. The highest BCUT2D eigenvalue weighted by Gasteiger charge is 2.32. The molecule has 1 fully saturated rings. The van der Waals surface area contributed by atoms with Crippen molar-refractivity contribution < 1.29 is 19.5 Å². The normalized spacial score (nSPS) is 23.5. The van der Waals surface area contributed by atoms with E-state index in [-0.39, 0.29) is 24.4 Å². The summed E-state index contributed by atoms with van der Waals surface area (Å²) >= 11 is 0. The average molecular weight is 317 g/mol. The van der Waals surface area contributed by atoms with Crippen LogP contribution in [0.2, 0.25) is 0 Å². The van der Waals surface area contributed by atoms with Gasteiger partial charge in [0.1, 0.15) is 6.04 Å². The number of benzene rings is 1. The van der Waals surface area contributed by atoms with Crippen molar-refractivity contribution in [3.05, 3.63) is 23.8 Å². The number of nitrogens with one attached hydrogen (secondary N) is 1. The lowest BCUT2D eigenvalue weighted by molar-refractivity contribution is -0.141. The molecule has 122 valence electrons. The van der Waals surface area contributed by atoms with E-state index in [1.807, 2.05) is 24.9 Å². The molecule has 2 atom stereocenters. The molecule has 2 unspecified atom stereocenters. The molecule has 1 aromatic carbocycles. The highest BCUT2D eigenvalue weighted by atomic mass is 16.4. The summed E-state index contributed by atoms with van der Waals surface area (Å²) in [6, 6.07) is 4.92. The van der Waals surface area contributed by atoms with E-state index in [9.17, 15) is 14.4 Å². The van der Waals surface area contributed by atoms with Gasteiger partial charge in [0.2, 0.25) is 5.91 Å². The second kappa shape index (κ2) is 5.57. The third kappa shape index (κ3) is 2.62. The Kier molecular flexibility index (Phi) is 3.71. The van der Waals surface area contributed by atoms with Crippen LogP contribution in [0, 0.1) is 5.92 Å². The molecule has 23 heavy (non-hydrogen) atoms. The highest BCUT2D eigenvalue weighted by molar-refractivity contribution is 6.05. The number of likely N-dealkylation sites (N-methyl/N-ethyl adjacent to an activating group) is 1. The Bertz CT molecular complexity index is 688. The van der Waals surface area contributed by atoms with Crippen LogP contribution < -0.4 is 10.2 Å². The number of carbonyl (C=O) groups is 3. The van der Waals surface area contributed by atoms with E-state index in [0.29, 0.717) is 24.2 Å². The van der Waals surface area contributed by atoms with Crippen molar-refractivity contribution in [2.75, 3.05) is 30.4 Å². The van der Waals surface area contributed by atoms with Gasteiger partial charge in [0.05, 0.1) is 17.3 Å². The van der Waals surface area contributed by atoms with Crippen molar-refractivity contribution >= 4 is 29.2 Å². The van der Waals surface area contributed by atoms with Crippen molar-refractivity contribution in [1.29, 1.82) is 0 Å². The number of hydrogen-bond donors (Lipinski definition) is 2. The zero-order chi connectivity index (χ0) is 16.7. The number of rotatable bonds is 2. The van der Waals surface area contributed by atoms with Gasteiger partial charge in [-0.25, -0.2) is 0 Å². The second-order valence-corrected chi connectivity index (χ2v) is 6.08. The predicted octanol–water partition coefficient (Wildman–Crippen LogP) is 1.01. The maximum atomic E-state index is 12.5. The van der Waals surface area contributed by atoms with E-state index in [2.05, 4.69) is 5.32 Å². The average Bonchev–Trinajstić information content (AvgIpc) is 3.01. The molecule has 2 aliphatic heterocycles. The molecular formula is C16H19N3O4. The predicted molar refractivity (Wildman–Crippen MR) is 84.6 cm³/mol. The molecule has 1 saturated heterocycles. The number of nitrogens with zero attached hydrogens (tertiary/aromatic N) is 2. The maximum absolute atomic E-state index is 12.5. The van der Waals surface area contributed by atoms with Crippen LogP contribution in [0.25, 0.3) is 0 Å². The fourth-order valence-corrected chi connectivity index (χ4v) is 3.03. The number of carboxylic acids is 1. The number of aliphatic carboxylic acids is 1. The summed E-state index contributed by atoms with van der Waals surface area (Å²) in [7, 11) is 1.83. The van der Waals surface area contributed by atoms with Crippen LogP contribution in [0.3, 0.4) is 0 Å². The monoisotopic (exact) mass is 317 g/mol. The third-order valence-electron chi connectivity index (χ3n) is 4.67. The van der Waals surface area contributed by atoms with Gasteiger partial charge in [-0.15, -0.1) is 0 Å². The molecule has 0 aromatic heterocycles. The van der Waals surface area contributed by atoms with Gasteiger partial charge in [-0.05, 0) is 31.5 Å². The number of carboxylic acid groups (broad SMARTS) is 1. The summed E-state index contributed by atoms with van der Waals surface area (Å²) in [5.74, 6) is -1.68. The van der Waals surface area contributed by atoms with Gasteiger partial charge in [-0.2, -0.15) is 0 Å². The molecule has 0 bridgehead atoms. The minimum absolute atomic E-state index is 0.114. The molecule has 3 rings (SSSR count). The Labute approximate surface area is 133 Å². The first-order valence-electron chi connectivity index (χ1n) is 7.58. The Morgan fingerprint density at radius 1 is 1.35 bits per heavy atom. The lowest BCUT2D eigenvalue weighted by Crippen LogP contribution is -2.44. The van der Waals surface area contributed by atoms with E-state index < -0.39 is 11.9 Å². The maximum Gasteiger partial charge on any atom is 0.308 e. The molecule has 2 amide bonds. The number of likely N-dealkylation sites (tertiary alicyclic amines) is 1. The van der Waals surface area contributed by atoms with Crippen LogP contribution in [-0.4, -0.2) is 54.0 Å². The van der Waals surface area contributed by atoms with E-state index in [1.165, 1.54) is 0 Å². The molecule has 1 aromatic rings. The van der Waals surface area contributed by atoms with Crippen molar-refractivity contribution in [3.63, 3.8) is 0 Å². The molecule has 2 aliphatic rings. The quantitative estimate of drug-likeness (QED) is 0.849. The van der Waals surface area contributed by atoms with Gasteiger partial charge in [-0.3, -0.25) is 14.4 Å². The van der Waals surface area contributed by atoms with E-state index >= 15 is 0 Å². The van der Waals surface area contributed by atoms with Crippen LogP contribution in [0.4, 0.5) is 11.4 Å². The lowest BCUT2D eigenvalue weighted by Gasteiger charge is -2.33. The van der Waals surface area contributed by atoms with Crippen molar-refractivity contribution in [2.45, 2.75) is 19.4 Å². The molecule has 7 nitrogen and oxygen atoms in total. The van der Waals surface area contributed by atoms with Crippen molar-refractivity contribution in [2.24, 2.45) is 5.92 Å². The van der Waals surface area contributed by atoms with E-state index in [4.69, 9.17) is 5.11 Å². The lowest BCUT2D eigenvalue weighted by atomic mass is 10.1. The fourth-order valence-electron chi connectivity index (χ4n) is 3.03. The largest absolute Gasteiger partial charge is 0.481 e. The molecular weight excluding hydrogens is 298 g/mol.